The van der Waals surface area contributed by atoms with Gasteiger partial charge in [-0.15, -0.1) is 13.2 Å². The molecule has 0 radical (unpaired) electrons. The van der Waals surface area contributed by atoms with E-state index in [4.69, 9.17) is 4.74 Å². The molecule has 2 unspecified atom stereocenters. The van der Waals surface area contributed by atoms with E-state index in [0.717, 1.165) is 18.2 Å². The van der Waals surface area contributed by atoms with Crippen molar-refractivity contribution in [3.63, 3.8) is 0 Å². The molecular weight excluding hydrogens is 357 g/mol. The molecule has 2 aliphatic rings. The minimum absolute atomic E-state index is 0. The van der Waals surface area contributed by atoms with Crippen LogP contribution in [0.3, 0.4) is 0 Å². The summed E-state index contributed by atoms with van der Waals surface area (Å²) in [6, 6.07) is 2.53. The maximum absolute atomic E-state index is 13.0. The third-order valence-electron chi connectivity index (χ3n) is 3.98. The van der Waals surface area contributed by atoms with Crippen molar-refractivity contribution in [2.24, 2.45) is 5.41 Å². The van der Waals surface area contributed by atoms with Crippen LogP contribution < -0.4 is 44.1 Å². The molecular formula is C13H7F6NaO4. The number of aliphatic carboxylic acids is 1. The molecule has 0 N–H and O–H groups in total. The Hall–Kier alpha value is -1.13. The SMILES string of the molecule is O=C([O-])C12CC1c1cc(OC(F)(F)F)ccc1O[C@@H]2C(F)(F)F.[Na+]. The molecule has 1 aliphatic carbocycles. The van der Waals surface area contributed by atoms with Crippen LogP contribution in [0.25, 0.3) is 0 Å². The number of alkyl halides is 6. The zero-order chi connectivity index (χ0) is 17.2. The predicted molar refractivity (Wildman–Crippen MR) is 58.4 cm³/mol. The number of carboxylic acid groups (broad SMARTS) is 1. The fraction of sp³-hybridized carbons (Fsp3) is 0.462. The Balaban J connectivity index is 0.00000208. The molecule has 0 amide bonds. The Morgan fingerprint density at radius 2 is 1.88 bits per heavy atom. The molecule has 1 saturated carbocycles. The average Bonchev–Trinajstić information content (AvgIpc) is 3.11. The van der Waals surface area contributed by atoms with Crippen LogP contribution in [0.15, 0.2) is 18.2 Å². The maximum atomic E-state index is 13.0. The fourth-order valence-electron chi connectivity index (χ4n) is 2.98. The fourth-order valence-corrected chi connectivity index (χ4v) is 2.98. The number of benzene rings is 1. The number of fused-ring (bicyclic) bond motifs is 3. The van der Waals surface area contributed by atoms with Gasteiger partial charge in [-0.3, -0.25) is 0 Å². The van der Waals surface area contributed by atoms with Gasteiger partial charge < -0.3 is 19.4 Å². The van der Waals surface area contributed by atoms with Gasteiger partial charge in [0.2, 0.25) is 6.10 Å². The molecule has 0 bridgehead atoms. The van der Waals surface area contributed by atoms with Gasteiger partial charge in [0, 0.05) is 11.5 Å². The molecule has 0 saturated heterocycles. The first-order chi connectivity index (χ1) is 10.4. The first kappa shape index (κ1) is 19.2. The third kappa shape index (κ3) is 3.06. The molecule has 1 fully saturated rings. The summed E-state index contributed by atoms with van der Waals surface area (Å²) >= 11 is 0. The maximum Gasteiger partial charge on any atom is 1.00 e. The molecule has 1 aromatic rings. The summed E-state index contributed by atoms with van der Waals surface area (Å²) in [6.45, 7) is 0. The number of rotatable bonds is 2. The van der Waals surface area contributed by atoms with E-state index >= 15 is 0 Å². The van der Waals surface area contributed by atoms with E-state index in [1.165, 1.54) is 0 Å². The number of carboxylic acids is 1. The number of ether oxygens (including phenoxy) is 2. The van der Waals surface area contributed by atoms with Gasteiger partial charge in [0.15, 0.2) is 0 Å². The van der Waals surface area contributed by atoms with Gasteiger partial charge in [0.05, 0.1) is 11.4 Å². The van der Waals surface area contributed by atoms with Crippen molar-refractivity contribution in [1.82, 2.24) is 0 Å². The van der Waals surface area contributed by atoms with Crippen LogP contribution in [0.2, 0.25) is 0 Å². The van der Waals surface area contributed by atoms with Crippen LogP contribution in [0, 0.1) is 5.41 Å². The van der Waals surface area contributed by atoms with Gasteiger partial charge >= 0.3 is 42.1 Å². The molecule has 24 heavy (non-hydrogen) atoms. The summed E-state index contributed by atoms with van der Waals surface area (Å²) in [5.74, 6) is -4.07. The van der Waals surface area contributed by atoms with Gasteiger partial charge in [0.1, 0.15) is 11.5 Å². The van der Waals surface area contributed by atoms with E-state index in [9.17, 15) is 36.2 Å². The third-order valence-corrected chi connectivity index (χ3v) is 3.98. The monoisotopic (exact) mass is 364 g/mol. The smallest absolute Gasteiger partial charge is 0.549 e. The van der Waals surface area contributed by atoms with Crippen molar-refractivity contribution >= 4 is 5.97 Å². The quantitative estimate of drug-likeness (QED) is 0.506. The molecule has 1 aliphatic heterocycles. The van der Waals surface area contributed by atoms with Gasteiger partial charge in [-0.1, -0.05) is 0 Å². The van der Waals surface area contributed by atoms with Gasteiger partial charge in [-0.05, 0) is 24.6 Å². The normalized spacial score (nSPS) is 27.9. The zero-order valence-corrected chi connectivity index (χ0v) is 14.0. The molecule has 1 heterocycles. The number of hydrogen-bond donors (Lipinski definition) is 0. The summed E-state index contributed by atoms with van der Waals surface area (Å²) in [6.07, 6.45) is -13.0. The molecule has 0 spiro atoms. The molecule has 1 aromatic carbocycles. The second-order valence-corrected chi connectivity index (χ2v) is 5.37. The Bertz CT molecular complexity index is 673. The van der Waals surface area contributed by atoms with Gasteiger partial charge in [0.25, 0.3) is 0 Å². The van der Waals surface area contributed by atoms with E-state index in [-0.39, 0.29) is 40.9 Å². The van der Waals surface area contributed by atoms with Crippen LogP contribution in [0.5, 0.6) is 11.5 Å². The number of carbonyl (C=O) groups is 1. The van der Waals surface area contributed by atoms with E-state index in [1.807, 2.05) is 0 Å². The molecule has 4 nitrogen and oxygen atoms in total. The Kier molecular flexibility index (Phi) is 4.56. The average molecular weight is 364 g/mol. The largest absolute Gasteiger partial charge is 1.00 e. The minimum Gasteiger partial charge on any atom is -0.549 e. The second kappa shape index (κ2) is 5.70. The first-order valence-electron chi connectivity index (χ1n) is 6.29. The Labute approximate surface area is 153 Å². The van der Waals surface area contributed by atoms with Crippen molar-refractivity contribution in [3.8, 4) is 11.5 Å². The van der Waals surface area contributed by atoms with Crippen LogP contribution in [0.1, 0.15) is 17.9 Å². The number of halogens is 6. The summed E-state index contributed by atoms with van der Waals surface area (Å²) in [5.41, 5.74) is -2.39. The molecule has 11 heteroatoms. The predicted octanol–water partition coefficient (Wildman–Crippen LogP) is -0.864. The zero-order valence-electron chi connectivity index (χ0n) is 12.0. The van der Waals surface area contributed by atoms with Crippen molar-refractivity contribution in [2.75, 3.05) is 0 Å². The van der Waals surface area contributed by atoms with Gasteiger partial charge in [-0.2, -0.15) is 13.2 Å². The number of hydrogen-bond acceptors (Lipinski definition) is 4. The van der Waals surface area contributed by atoms with E-state index in [1.54, 1.807) is 0 Å². The van der Waals surface area contributed by atoms with Crippen molar-refractivity contribution < 1.29 is 75.3 Å². The van der Waals surface area contributed by atoms with Crippen molar-refractivity contribution in [2.45, 2.75) is 31.0 Å². The summed E-state index contributed by atoms with van der Waals surface area (Å²) in [7, 11) is 0. The summed E-state index contributed by atoms with van der Waals surface area (Å²) in [5, 5.41) is 11.2. The van der Waals surface area contributed by atoms with Crippen molar-refractivity contribution in [1.29, 1.82) is 0 Å². The van der Waals surface area contributed by atoms with Gasteiger partial charge in [-0.25, -0.2) is 0 Å². The van der Waals surface area contributed by atoms with E-state index in [2.05, 4.69) is 4.74 Å². The Morgan fingerprint density at radius 1 is 1.25 bits per heavy atom. The van der Waals surface area contributed by atoms with Crippen LogP contribution in [-0.4, -0.2) is 24.6 Å². The summed E-state index contributed by atoms with van der Waals surface area (Å²) < 4.78 is 84.1. The Morgan fingerprint density at radius 3 is 2.38 bits per heavy atom. The molecule has 3 atom stereocenters. The topological polar surface area (TPSA) is 58.6 Å². The summed E-state index contributed by atoms with van der Waals surface area (Å²) in [4.78, 5) is 11.2. The molecule has 0 aromatic heterocycles. The number of carbonyl (C=O) groups excluding carboxylic acids is 1. The van der Waals surface area contributed by atoms with E-state index in [0.29, 0.717) is 0 Å². The van der Waals surface area contributed by atoms with Crippen LogP contribution >= 0.6 is 0 Å². The van der Waals surface area contributed by atoms with E-state index < -0.39 is 48.1 Å². The second-order valence-electron chi connectivity index (χ2n) is 5.37. The van der Waals surface area contributed by atoms with Crippen molar-refractivity contribution in [3.05, 3.63) is 23.8 Å². The molecule has 3 rings (SSSR count). The minimum atomic E-state index is -4.98. The van der Waals surface area contributed by atoms with Crippen LogP contribution in [-0.2, 0) is 4.79 Å². The standard InChI is InChI=1S/C13H8F6O4.Na/c14-12(15,16)9-11(10(20)21)4-7(11)6-3-5(23-13(17,18)19)1-2-8(6)22-9;/h1-3,7,9H,4H2,(H,20,21);/q;+1/p-1/t7?,9-,11?;/m0./s1. The first-order valence-corrected chi connectivity index (χ1v) is 6.29. The van der Waals surface area contributed by atoms with Crippen LogP contribution in [0.4, 0.5) is 26.3 Å². The molecule has 126 valence electrons.